The summed E-state index contributed by atoms with van der Waals surface area (Å²) in [4.78, 5) is 14.9. The lowest BCUT2D eigenvalue weighted by atomic mass is 9.93. The SMILES string of the molecule is CCCOc1ccc(C(F)(F)F)cc1NCC(=O)N(C1CCCCC1)C1CCS(=O)(=O)C1. The van der Waals surface area contributed by atoms with Gasteiger partial charge in [-0.05, 0) is 43.9 Å². The molecule has 1 aliphatic heterocycles. The first kappa shape index (κ1) is 24.7. The molecule has 1 aromatic rings. The van der Waals surface area contributed by atoms with Crippen molar-refractivity contribution in [3.8, 4) is 5.75 Å². The number of alkyl halides is 3. The van der Waals surface area contributed by atoms with Gasteiger partial charge in [0.2, 0.25) is 5.91 Å². The van der Waals surface area contributed by atoms with Crippen LogP contribution in [0.25, 0.3) is 0 Å². The quantitative estimate of drug-likeness (QED) is 0.607. The highest BCUT2D eigenvalue weighted by Crippen LogP contribution is 2.35. The molecular formula is C22H31F3N2O4S. The van der Waals surface area contributed by atoms with Gasteiger partial charge in [0.15, 0.2) is 9.84 Å². The number of amides is 1. The molecule has 1 aromatic carbocycles. The van der Waals surface area contributed by atoms with Gasteiger partial charge in [-0.1, -0.05) is 26.2 Å². The van der Waals surface area contributed by atoms with Gasteiger partial charge in [-0.25, -0.2) is 8.42 Å². The van der Waals surface area contributed by atoms with Crippen LogP contribution in [0.2, 0.25) is 0 Å². The minimum atomic E-state index is -4.52. The fourth-order valence-electron chi connectivity index (χ4n) is 4.50. The molecule has 2 aliphatic rings. The molecule has 0 spiro atoms. The number of anilines is 1. The zero-order chi connectivity index (χ0) is 23.4. The second kappa shape index (κ2) is 10.3. The number of benzene rings is 1. The standard InChI is InChI=1S/C22H31F3N2O4S/c1-2-11-31-20-9-8-16(22(23,24)25)13-19(20)26-14-21(28)27(17-6-4-3-5-7-17)18-10-12-32(29,30)15-18/h8-9,13,17-18,26H,2-7,10-12,14-15H2,1H3. The zero-order valence-electron chi connectivity index (χ0n) is 18.3. The molecule has 10 heteroatoms. The molecule has 1 unspecified atom stereocenters. The van der Waals surface area contributed by atoms with E-state index in [-0.39, 0.29) is 47.5 Å². The van der Waals surface area contributed by atoms with E-state index in [1.165, 1.54) is 6.07 Å². The third-order valence-electron chi connectivity index (χ3n) is 6.06. The summed E-state index contributed by atoms with van der Waals surface area (Å²) in [6.45, 7) is 2.00. The van der Waals surface area contributed by atoms with Crippen LogP contribution in [0.1, 0.15) is 57.4 Å². The number of hydrogen-bond acceptors (Lipinski definition) is 5. The molecule has 0 bridgehead atoms. The molecular weight excluding hydrogens is 445 g/mol. The van der Waals surface area contributed by atoms with Gasteiger partial charge in [0.25, 0.3) is 0 Å². The smallest absolute Gasteiger partial charge is 0.416 e. The number of ether oxygens (including phenoxy) is 1. The molecule has 1 aliphatic carbocycles. The van der Waals surface area contributed by atoms with Crippen LogP contribution in [0, 0.1) is 0 Å². The lowest BCUT2D eigenvalue weighted by molar-refractivity contribution is -0.137. The summed E-state index contributed by atoms with van der Waals surface area (Å²) in [6, 6.07) is 2.75. The number of sulfone groups is 1. The van der Waals surface area contributed by atoms with E-state index in [1.807, 2.05) is 6.92 Å². The number of nitrogens with one attached hydrogen (secondary N) is 1. The molecule has 180 valence electrons. The fourth-order valence-corrected chi connectivity index (χ4v) is 6.22. The molecule has 1 N–H and O–H groups in total. The Kier molecular flexibility index (Phi) is 7.95. The van der Waals surface area contributed by atoms with E-state index in [0.717, 1.165) is 44.2 Å². The molecule has 1 amide bonds. The van der Waals surface area contributed by atoms with Crippen molar-refractivity contribution in [2.24, 2.45) is 0 Å². The lowest BCUT2D eigenvalue weighted by Gasteiger charge is -2.38. The minimum Gasteiger partial charge on any atom is -0.491 e. The van der Waals surface area contributed by atoms with Gasteiger partial charge >= 0.3 is 6.18 Å². The maximum atomic E-state index is 13.2. The van der Waals surface area contributed by atoms with Gasteiger partial charge in [-0.3, -0.25) is 4.79 Å². The zero-order valence-corrected chi connectivity index (χ0v) is 19.1. The van der Waals surface area contributed by atoms with Crippen molar-refractivity contribution in [2.45, 2.75) is 70.1 Å². The summed E-state index contributed by atoms with van der Waals surface area (Å²) in [5.74, 6) is -0.0355. The maximum absolute atomic E-state index is 13.2. The molecule has 3 rings (SSSR count). The van der Waals surface area contributed by atoms with Crippen molar-refractivity contribution >= 4 is 21.4 Å². The normalized spacial score (nSPS) is 21.3. The van der Waals surface area contributed by atoms with Crippen LogP contribution in [0.5, 0.6) is 5.75 Å². The van der Waals surface area contributed by atoms with Crippen molar-refractivity contribution in [2.75, 3.05) is 30.0 Å². The fraction of sp³-hybridized carbons (Fsp3) is 0.682. The molecule has 1 heterocycles. The largest absolute Gasteiger partial charge is 0.491 e. The van der Waals surface area contributed by atoms with Gasteiger partial charge in [0.05, 0.1) is 35.9 Å². The third kappa shape index (κ3) is 6.30. The maximum Gasteiger partial charge on any atom is 0.416 e. The third-order valence-corrected chi connectivity index (χ3v) is 7.81. The second-order valence-corrected chi connectivity index (χ2v) is 10.8. The average molecular weight is 477 g/mol. The van der Waals surface area contributed by atoms with Crippen LogP contribution in [0.3, 0.4) is 0 Å². The Morgan fingerprint density at radius 1 is 1.16 bits per heavy atom. The lowest BCUT2D eigenvalue weighted by Crippen LogP contribution is -2.50. The van der Waals surface area contributed by atoms with E-state index in [4.69, 9.17) is 4.74 Å². The van der Waals surface area contributed by atoms with Crippen LogP contribution in [-0.2, 0) is 20.8 Å². The number of carbonyl (C=O) groups is 1. The van der Waals surface area contributed by atoms with Crippen molar-refractivity contribution in [3.63, 3.8) is 0 Å². The number of carbonyl (C=O) groups excluding carboxylic acids is 1. The summed E-state index contributed by atoms with van der Waals surface area (Å²) < 4.78 is 69.2. The number of rotatable bonds is 8. The Bertz CT molecular complexity index is 899. The van der Waals surface area contributed by atoms with Gasteiger partial charge in [-0.2, -0.15) is 13.2 Å². The molecule has 0 aromatic heterocycles. The summed E-state index contributed by atoms with van der Waals surface area (Å²) in [5.41, 5.74) is -0.730. The first-order valence-electron chi connectivity index (χ1n) is 11.2. The van der Waals surface area contributed by atoms with E-state index in [0.29, 0.717) is 19.4 Å². The van der Waals surface area contributed by atoms with Crippen LogP contribution in [-0.4, -0.2) is 56.0 Å². The van der Waals surface area contributed by atoms with Crippen LogP contribution < -0.4 is 10.1 Å². The number of nitrogens with zero attached hydrogens (tertiary/aromatic N) is 1. The predicted molar refractivity (Wildman–Crippen MR) is 116 cm³/mol. The summed E-state index contributed by atoms with van der Waals surface area (Å²) in [6.07, 6.45) is 1.24. The molecule has 2 fully saturated rings. The first-order chi connectivity index (χ1) is 15.1. The summed E-state index contributed by atoms with van der Waals surface area (Å²) in [5, 5.41) is 2.83. The van der Waals surface area contributed by atoms with Gasteiger partial charge in [-0.15, -0.1) is 0 Å². The van der Waals surface area contributed by atoms with Gasteiger partial charge in [0.1, 0.15) is 5.75 Å². The molecule has 6 nitrogen and oxygen atoms in total. The highest BCUT2D eigenvalue weighted by Gasteiger charge is 2.38. The first-order valence-corrected chi connectivity index (χ1v) is 13.0. The monoisotopic (exact) mass is 476 g/mol. The van der Waals surface area contributed by atoms with E-state index >= 15 is 0 Å². The highest BCUT2D eigenvalue weighted by atomic mass is 32.2. The number of hydrogen-bond donors (Lipinski definition) is 1. The van der Waals surface area contributed by atoms with E-state index < -0.39 is 21.6 Å². The summed E-state index contributed by atoms with van der Waals surface area (Å²) in [7, 11) is -3.18. The molecule has 1 atom stereocenters. The van der Waals surface area contributed by atoms with E-state index in [1.54, 1.807) is 4.90 Å². The Labute approximate surface area is 187 Å². The Morgan fingerprint density at radius 3 is 2.47 bits per heavy atom. The van der Waals surface area contributed by atoms with Crippen LogP contribution >= 0.6 is 0 Å². The summed E-state index contributed by atoms with van der Waals surface area (Å²) >= 11 is 0. The predicted octanol–water partition coefficient (Wildman–Crippen LogP) is 4.25. The van der Waals surface area contributed by atoms with Crippen molar-refractivity contribution < 1.29 is 31.1 Å². The average Bonchev–Trinajstić information content (AvgIpc) is 3.10. The Morgan fingerprint density at radius 2 is 1.88 bits per heavy atom. The van der Waals surface area contributed by atoms with Gasteiger partial charge < -0.3 is 15.0 Å². The molecule has 1 saturated heterocycles. The minimum absolute atomic E-state index is 0.0336. The second-order valence-electron chi connectivity index (χ2n) is 8.56. The van der Waals surface area contributed by atoms with E-state index in [9.17, 15) is 26.4 Å². The van der Waals surface area contributed by atoms with Crippen molar-refractivity contribution in [1.29, 1.82) is 0 Å². The Hall–Kier alpha value is -1.97. The highest BCUT2D eigenvalue weighted by molar-refractivity contribution is 7.91. The Balaban J connectivity index is 1.78. The molecule has 32 heavy (non-hydrogen) atoms. The van der Waals surface area contributed by atoms with E-state index in [2.05, 4.69) is 5.32 Å². The topological polar surface area (TPSA) is 75.7 Å². The molecule has 1 saturated carbocycles. The molecule has 0 radical (unpaired) electrons. The van der Waals surface area contributed by atoms with Gasteiger partial charge in [0, 0.05) is 12.1 Å². The van der Waals surface area contributed by atoms with Crippen LogP contribution in [0.15, 0.2) is 18.2 Å². The number of halogens is 3. The van der Waals surface area contributed by atoms with Crippen molar-refractivity contribution in [1.82, 2.24) is 4.90 Å². The van der Waals surface area contributed by atoms with Crippen molar-refractivity contribution in [3.05, 3.63) is 23.8 Å². The van der Waals surface area contributed by atoms with Crippen LogP contribution in [0.4, 0.5) is 18.9 Å².